The van der Waals surface area contributed by atoms with Crippen LogP contribution in [0.25, 0.3) is 22.1 Å². The van der Waals surface area contributed by atoms with Gasteiger partial charge in [-0.1, -0.05) is 24.3 Å². The highest BCUT2D eigenvalue weighted by molar-refractivity contribution is 6.05. The average molecular weight is 333 g/mol. The molecule has 0 unspecified atom stereocenters. The Morgan fingerprint density at radius 3 is 2.68 bits per heavy atom. The second-order valence-electron chi connectivity index (χ2n) is 5.54. The first kappa shape index (κ1) is 14.9. The summed E-state index contributed by atoms with van der Waals surface area (Å²) in [5, 5.41) is 6.76. The molecular formula is C18H15N5O2. The Labute approximate surface area is 142 Å². The van der Waals surface area contributed by atoms with Gasteiger partial charge in [0.05, 0.1) is 0 Å². The zero-order chi connectivity index (χ0) is 17.2. The lowest BCUT2D eigenvalue weighted by Crippen LogP contribution is -2.19. The van der Waals surface area contributed by atoms with Crippen molar-refractivity contribution in [2.24, 2.45) is 5.73 Å². The standard InChI is InChI=1S/C18H15N5O2/c19-18(24)23-12-7-5-11(6-8-12)9-20-17-16-15(21-10-22-17)13-3-1-2-4-14(13)25-16/h1-8,10H,9H2,(H3,19,23,24)(H,20,21,22). The maximum absolute atomic E-state index is 10.8. The van der Waals surface area contributed by atoms with Crippen LogP contribution in [-0.4, -0.2) is 16.0 Å². The van der Waals surface area contributed by atoms with E-state index in [9.17, 15) is 4.79 Å². The van der Waals surface area contributed by atoms with Crippen molar-refractivity contribution in [3.8, 4) is 0 Å². The Balaban J connectivity index is 1.57. The number of anilines is 2. The van der Waals surface area contributed by atoms with Gasteiger partial charge >= 0.3 is 6.03 Å². The SMILES string of the molecule is NC(=O)Nc1ccc(CNc2ncnc3c2oc2ccccc23)cc1. The van der Waals surface area contributed by atoms with E-state index in [4.69, 9.17) is 10.2 Å². The Hall–Kier alpha value is -3.61. The molecule has 4 N–H and O–H groups in total. The second kappa shape index (κ2) is 6.12. The molecule has 4 aromatic rings. The highest BCUT2D eigenvalue weighted by Gasteiger charge is 2.12. The van der Waals surface area contributed by atoms with Crippen LogP contribution in [0.15, 0.2) is 59.3 Å². The largest absolute Gasteiger partial charge is 0.450 e. The van der Waals surface area contributed by atoms with Crippen LogP contribution >= 0.6 is 0 Å². The quantitative estimate of drug-likeness (QED) is 0.530. The molecule has 0 saturated carbocycles. The van der Waals surface area contributed by atoms with E-state index in [1.807, 2.05) is 36.4 Å². The van der Waals surface area contributed by atoms with Crippen LogP contribution in [-0.2, 0) is 6.54 Å². The minimum Gasteiger partial charge on any atom is -0.450 e. The molecule has 4 rings (SSSR count). The number of hydrogen-bond acceptors (Lipinski definition) is 5. The first-order chi connectivity index (χ1) is 12.2. The number of urea groups is 1. The number of nitrogens with zero attached hydrogens (tertiary/aromatic N) is 2. The Morgan fingerprint density at radius 1 is 1.08 bits per heavy atom. The van der Waals surface area contributed by atoms with Crippen LogP contribution in [0, 0.1) is 0 Å². The van der Waals surface area contributed by atoms with Gasteiger partial charge in [-0.05, 0) is 29.8 Å². The van der Waals surface area contributed by atoms with E-state index < -0.39 is 6.03 Å². The third-order valence-corrected chi connectivity index (χ3v) is 3.84. The van der Waals surface area contributed by atoms with E-state index in [1.165, 1.54) is 6.33 Å². The predicted octanol–water partition coefficient (Wildman–Crippen LogP) is 3.48. The molecule has 0 aliphatic carbocycles. The van der Waals surface area contributed by atoms with Crippen LogP contribution in [0.2, 0.25) is 0 Å². The molecular weight excluding hydrogens is 318 g/mol. The lowest BCUT2D eigenvalue weighted by atomic mass is 10.2. The number of furan rings is 1. The molecule has 0 bridgehead atoms. The molecule has 0 aliphatic heterocycles. The third-order valence-electron chi connectivity index (χ3n) is 3.84. The fourth-order valence-corrected chi connectivity index (χ4v) is 2.68. The van der Waals surface area contributed by atoms with Gasteiger partial charge in [-0.15, -0.1) is 0 Å². The number of rotatable bonds is 4. The number of fused-ring (bicyclic) bond motifs is 3. The van der Waals surface area contributed by atoms with Crippen molar-refractivity contribution in [2.45, 2.75) is 6.54 Å². The summed E-state index contributed by atoms with van der Waals surface area (Å²) in [6.07, 6.45) is 1.52. The lowest BCUT2D eigenvalue weighted by Gasteiger charge is -2.07. The number of amides is 2. The molecule has 25 heavy (non-hydrogen) atoms. The molecule has 2 amide bonds. The highest BCUT2D eigenvalue weighted by atomic mass is 16.3. The number of carbonyl (C=O) groups excluding carboxylic acids is 1. The molecule has 0 saturated heterocycles. The van der Waals surface area contributed by atoms with Crippen LogP contribution in [0.1, 0.15) is 5.56 Å². The summed E-state index contributed by atoms with van der Waals surface area (Å²) in [5.41, 5.74) is 8.97. The molecule has 2 heterocycles. The molecule has 0 spiro atoms. The van der Waals surface area contributed by atoms with Crippen molar-refractivity contribution >= 4 is 39.6 Å². The van der Waals surface area contributed by atoms with E-state index in [0.29, 0.717) is 23.6 Å². The average Bonchev–Trinajstić information content (AvgIpc) is 3.00. The Bertz CT molecular complexity index is 1060. The third kappa shape index (κ3) is 2.94. The number of hydrogen-bond donors (Lipinski definition) is 3. The lowest BCUT2D eigenvalue weighted by molar-refractivity contribution is 0.259. The van der Waals surface area contributed by atoms with Crippen molar-refractivity contribution in [2.75, 3.05) is 10.6 Å². The van der Waals surface area contributed by atoms with E-state index >= 15 is 0 Å². The molecule has 0 aliphatic rings. The summed E-state index contributed by atoms with van der Waals surface area (Å²) < 4.78 is 5.89. The van der Waals surface area contributed by atoms with Crippen molar-refractivity contribution < 1.29 is 9.21 Å². The topological polar surface area (TPSA) is 106 Å². The van der Waals surface area contributed by atoms with Gasteiger partial charge in [0.25, 0.3) is 0 Å². The summed E-state index contributed by atoms with van der Waals surface area (Å²) in [4.78, 5) is 19.4. The van der Waals surface area contributed by atoms with Crippen molar-refractivity contribution in [1.29, 1.82) is 0 Å². The fraction of sp³-hybridized carbons (Fsp3) is 0.0556. The summed E-state index contributed by atoms with van der Waals surface area (Å²) in [6, 6.07) is 14.6. The molecule has 2 aromatic heterocycles. The first-order valence-electron chi connectivity index (χ1n) is 7.72. The van der Waals surface area contributed by atoms with Crippen molar-refractivity contribution in [3.05, 3.63) is 60.4 Å². The molecule has 0 atom stereocenters. The number of aromatic nitrogens is 2. The summed E-state index contributed by atoms with van der Waals surface area (Å²) in [7, 11) is 0. The normalized spacial score (nSPS) is 10.9. The number of benzene rings is 2. The van der Waals surface area contributed by atoms with Crippen molar-refractivity contribution in [1.82, 2.24) is 9.97 Å². The number of primary amides is 1. The van der Waals surface area contributed by atoms with Gasteiger partial charge in [0.1, 0.15) is 17.4 Å². The van der Waals surface area contributed by atoms with E-state index in [2.05, 4.69) is 20.6 Å². The minimum absolute atomic E-state index is 0.556. The Morgan fingerprint density at radius 2 is 1.88 bits per heavy atom. The number of nitrogens with one attached hydrogen (secondary N) is 2. The van der Waals surface area contributed by atoms with E-state index in [0.717, 1.165) is 22.0 Å². The van der Waals surface area contributed by atoms with Gasteiger partial charge in [0.2, 0.25) is 0 Å². The molecule has 2 aromatic carbocycles. The molecule has 0 radical (unpaired) electrons. The first-order valence-corrected chi connectivity index (χ1v) is 7.72. The van der Waals surface area contributed by atoms with Crippen LogP contribution in [0.5, 0.6) is 0 Å². The van der Waals surface area contributed by atoms with Gasteiger partial charge < -0.3 is 20.8 Å². The van der Waals surface area contributed by atoms with Crippen LogP contribution < -0.4 is 16.4 Å². The summed E-state index contributed by atoms with van der Waals surface area (Å²) in [6.45, 7) is 0.556. The molecule has 7 nitrogen and oxygen atoms in total. The van der Waals surface area contributed by atoms with E-state index in [-0.39, 0.29) is 0 Å². The second-order valence-corrected chi connectivity index (χ2v) is 5.54. The predicted molar refractivity (Wildman–Crippen MR) is 96.3 cm³/mol. The maximum atomic E-state index is 10.8. The minimum atomic E-state index is -0.584. The zero-order valence-corrected chi connectivity index (χ0v) is 13.2. The Kier molecular flexibility index (Phi) is 3.66. The van der Waals surface area contributed by atoms with Crippen LogP contribution in [0.3, 0.4) is 0 Å². The molecule has 124 valence electrons. The van der Waals surface area contributed by atoms with Gasteiger partial charge in [-0.25, -0.2) is 14.8 Å². The van der Waals surface area contributed by atoms with Crippen LogP contribution in [0.4, 0.5) is 16.3 Å². The van der Waals surface area contributed by atoms with Gasteiger partial charge in [0.15, 0.2) is 11.4 Å². The summed E-state index contributed by atoms with van der Waals surface area (Å²) >= 11 is 0. The highest BCUT2D eigenvalue weighted by Crippen LogP contribution is 2.30. The van der Waals surface area contributed by atoms with Gasteiger partial charge in [0, 0.05) is 17.6 Å². The fourth-order valence-electron chi connectivity index (χ4n) is 2.68. The zero-order valence-electron chi connectivity index (χ0n) is 13.2. The van der Waals surface area contributed by atoms with Gasteiger partial charge in [-0.2, -0.15) is 0 Å². The maximum Gasteiger partial charge on any atom is 0.316 e. The summed E-state index contributed by atoms with van der Waals surface area (Å²) in [5.74, 6) is 0.639. The number of carbonyl (C=O) groups is 1. The molecule has 7 heteroatoms. The van der Waals surface area contributed by atoms with Gasteiger partial charge in [-0.3, -0.25) is 0 Å². The smallest absolute Gasteiger partial charge is 0.316 e. The van der Waals surface area contributed by atoms with Crippen molar-refractivity contribution in [3.63, 3.8) is 0 Å². The monoisotopic (exact) mass is 333 g/mol. The number of nitrogens with two attached hydrogens (primary N) is 1. The molecule has 0 fully saturated rings. The van der Waals surface area contributed by atoms with E-state index in [1.54, 1.807) is 12.1 Å². The number of para-hydroxylation sites is 1.